The molecule has 0 N–H and O–H groups in total. The molecular formula is C13H15N3O3S2. The molecule has 0 aliphatic carbocycles. The summed E-state index contributed by atoms with van der Waals surface area (Å²) < 4.78 is 26.7. The third-order valence-electron chi connectivity index (χ3n) is 3.60. The average Bonchev–Trinajstić information content (AvgIpc) is 3.09. The minimum atomic E-state index is -3.45. The van der Waals surface area contributed by atoms with Gasteiger partial charge in [0.2, 0.25) is 10.0 Å². The highest BCUT2D eigenvalue weighted by Crippen LogP contribution is 2.25. The SMILES string of the molecule is Cc1cc(C(=O)N2CCCS2(=O)=O)c(C)n1-c1nccs1. The molecule has 3 heterocycles. The highest BCUT2D eigenvalue weighted by atomic mass is 32.2. The lowest BCUT2D eigenvalue weighted by Gasteiger charge is -2.14. The highest BCUT2D eigenvalue weighted by Gasteiger charge is 2.34. The molecule has 0 radical (unpaired) electrons. The summed E-state index contributed by atoms with van der Waals surface area (Å²) >= 11 is 1.47. The van der Waals surface area contributed by atoms with Gasteiger partial charge in [0.15, 0.2) is 5.13 Å². The molecule has 0 saturated carbocycles. The van der Waals surface area contributed by atoms with Gasteiger partial charge in [0, 0.05) is 29.5 Å². The first-order valence-corrected chi connectivity index (χ1v) is 9.04. The molecule has 8 heteroatoms. The van der Waals surface area contributed by atoms with Crippen LogP contribution >= 0.6 is 11.3 Å². The Labute approximate surface area is 127 Å². The first kappa shape index (κ1) is 14.3. The molecule has 1 fully saturated rings. The van der Waals surface area contributed by atoms with E-state index in [0.717, 1.165) is 20.8 Å². The normalized spacial score (nSPS) is 17.3. The third-order valence-corrected chi connectivity index (χ3v) is 6.18. The molecule has 0 bridgehead atoms. The second kappa shape index (κ2) is 4.96. The molecule has 21 heavy (non-hydrogen) atoms. The quantitative estimate of drug-likeness (QED) is 0.843. The standard InChI is InChI=1S/C13H15N3O3S2/c1-9-8-11(10(2)16(9)13-14-4-6-20-13)12(17)15-5-3-7-21(15,18)19/h4,6,8H,3,5,7H2,1-2H3. The monoisotopic (exact) mass is 325 g/mol. The number of aromatic nitrogens is 2. The van der Waals surface area contributed by atoms with Crippen LogP contribution < -0.4 is 0 Å². The Balaban J connectivity index is 2.05. The Kier molecular flexibility index (Phi) is 3.37. The van der Waals surface area contributed by atoms with Crippen molar-refractivity contribution in [1.29, 1.82) is 0 Å². The molecule has 3 rings (SSSR count). The van der Waals surface area contributed by atoms with Crippen molar-refractivity contribution in [2.75, 3.05) is 12.3 Å². The molecule has 6 nitrogen and oxygen atoms in total. The van der Waals surface area contributed by atoms with Gasteiger partial charge in [-0.25, -0.2) is 17.7 Å². The van der Waals surface area contributed by atoms with Crippen molar-refractivity contribution in [1.82, 2.24) is 13.9 Å². The van der Waals surface area contributed by atoms with Crippen LogP contribution in [0.25, 0.3) is 5.13 Å². The van der Waals surface area contributed by atoms with Crippen molar-refractivity contribution in [2.24, 2.45) is 0 Å². The molecule has 2 aromatic heterocycles. The summed E-state index contributed by atoms with van der Waals surface area (Å²) in [4.78, 5) is 16.8. The number of hydrogen-bond donors (Lipinski definition) is 0. The third kappa shape index (κ3) is 2.28. The number of nitrogens with zero attached hydrogens (tertiary/aromatic N) is 3. The van der Waals surface area contributed by atoms with Crippen LogP contribution in [0.2, 0.25) is 0 Å². The summed E-state index contributed by atoms with van der Waals surface area (Å²) in [7, 11) is -3.45. The second-order valence-corrected chi connectivity index (χ2v) is 7.87. The fourth-order valence-corrected chi connectivity index (χ4v) is 4.83. The largest absolute Gasteiger partial charge is 0.294 e. The summed E-state index contributed by atoms with van der Waals surface area (Å²) in [5.74, 6) is -0.396. The van der Waals surface area contributed by atoms with Crippen LogP contribution in [0.1, 0.15) is 28.2 Å². The predicted molar refractivity (Wildman–Crippen MR) is 80.4 cm³/mol. The molecule has 0 unspecified atom stereocenters. The van der Waals surface area contributed by atoms with Gasteiger partial charge in [0.25, 0.3) is 5.91 Å². The van der Waals surface area contributed by atoms with Gasteiger partial charge in [-0.1, -0.05) is 0 Å². The Morgan fingerprint density at radius 2 is 2.14 bits per heavy atom. The lowest BCUT2D eigenvalue weighted by molar-refractivity contribution is 0.0869. The van der Waals surface area contributed by atoms with Gasteiger partial charge in [0.05, 0.1) is 11.3 Å². The van der Waals surface area contributed by atoms with Gasteiger partial charge < -0.3 is 0 Å². The lowest BCUT2D eigenvalue weighted by Crippen LogP contribution is -2.32. The zero-order chi connectivity index (χ0) is 15.2. The lowest BCUT2D eigenvalue weighted by atomic mass is 10.2. The fraction of sp³-hybridized carbons (Fsp3) is 0.385. The van der Waals surface area contributed by atoms with Crippen LogP contribution in [-0.4, -0.2) is 40.5 Å². The van der Waals surface area contributed by atoms with Crippen molar-refractivity contribution in [3.63, 3.8) is 0 Å². The Morgan fingerprint density at radius 3 is 2.71 bits per heavy atom. The molecule has 1 amide bonds. The van der Waals surface area contributed by atoms with E-state index in [9.17, 15) is 13.2 Å². The number of rotatable bonds is 2. The van der Waals surface area contributed by atoms with Crippen molar-refractivity contribution in [3.05, 3.63) is 34.6 Å². The van der Waals surface area contributed by atoms with Gasteiger partial charge >= 0.3 is 0 Å². The van der Waals surface area contributed by atoms with Crippen LogP contribution in [0.3, 0.4) is 0 Å². The van der Waals surface area contributed by atoms with Gasteiger partial charge in [0.1, 0.15) is 0 Å². The second-order valence-electron chi connectivity index (χ2n) is 4.98. The summed E-state index contributed by atoms with van der Waals surface area (Å²) in [6.45, 7) is 3.95. The fourth-order valence-electron chi connectivity index (χ4n) is 2.60. The summed E-state index contributed by atoms with van der Waals surface area (Å²) in [6, 6.07) is 1.73. The maximum atomic E-state index is 12.5. The van der Waals surface area contributed by atoms with E-state index in [1.54, 1.807) is 12.3 Å². The minimum Gasteiger partial charge on any atom is -0.294 e. The van der Waals surface area contributed by atoms with Crippen molar-refractivity contribution in [2.45, 2.75) is 20.3 Å². The molecule has 0 aromatic carbocycles. The first-order chi connectivity index (χ1) is 9.92. The number of thiazole rings is 1. The molecule has 2 aromatic rings. The van der Waals surface area contributed by atoms with Crippen LogP contribution in [0, 0.1) is 13.8 Å². The number of aryl methyl sites for hydroxylation is 1. The van der Waals surface area contributed by atoms with Crippen molar-refractivity contribution >= 4 is 27.3 Å². The van der Waals surface area contributed by atoms with Crippen molar-refractivity contribution < 1.29 is 13.2 Å². The maximum absolute atomic E-state index is 12.5. The van der Waals surface area contributed by atoms with E-state index < -0.39 is 15.9 Å². The molecule has 0 atom stereocenters. The van der Waals surface area contributed by atoms with Gasteiger partial charge in [-0.2, -0.15) is 0 Å². The van der Waals surface area contributed by atoms with E-state index in [2.05, 4.69) is 4.98 Å². The zero-order valence-corrected chi connectivity index (χ0v) is 13.4. The number of carbonyl (C=O) groups excluding carboxylic acids is 1. The van der Waals surface area contributed by atoms with E-state index in [0.29, 0.717) is 12.0 Å². The van der Waals surface area contributed by atoms with E-state index in [4.69, 9.17) is 0 Å². The molecule has 0 spiro atoms. The Bertz CT molecular complexity index is 791. The number of amides is 1. The number of sulfonamides is 1. The van der Waals surface area contributed by atoms with Gasteiger partial charge in [-0.05, 0) is 26.3 Å². The van der Waals surface area contributed by atoms with Crippen LogP contribution in [-0.2, 0) is 10.0 Å². The number of carbonyl (C=O) groups is 1. The van der Waals surface area contributed by atoms with Gasteiger partial charge in [-0.15, -0.1) is 11.3 Å². The highest BCUT2D eigenvalue weighted by molar-refractivity contribution is 7.89. The Morgan fingerprint density at radius 1 is 1.38 bits per heavy atom. The molecule has 112 valence electrons. The molecule has 1 saturated heterocycles. The molecular weight excluding hydrogens is 310 g/mol. The topological polar surface area (TPSA) is 72.3 Å². The smallest absolute Gasteiger partial charge is 0.269 e. The van der Waals surface area contributed by atoms with E-state index >= 15 is 0 Å². The average molecular weight is 325 g/mol. The van der Waals surface area contributed by atoms with E-state index in [-0.39, 0.29) is 12.3 Å². The van der Waals surface area contributed by atoms with Crippen LogP contribution in [0.5, 0.6) is 0 Å². The first-order valence-electron chi connectivity index (χ1n) is 6.55. The summed E-state index contributed by atoms with van der Waals surface area (Å²) in [5, 5.41) is 2.63. The van der Waals surface area contributed by atoms with Crippen LogP contribution in [0.4, 0.5) is 0 Å². The maximum Gasteiger partial charge on any atom is 0.269 e. The summed E-state index contributed by atoms with van der Waals surface area (Å²) in [6.07, 6.45) is 2.20. The van der Waals surface area contributed by atoms with Crippen molar-refractivity contribution in [3.8, 4) is 5.13 Å². The number of hydrogen-bond acceptors (Lipinski definition) is 5. The Hall–Kier alpha value is -1.67. The summed E-state index contributed by atoms with van der Waals surface area (Å²) in [5.41, 5.74) is 2.00. The molecule has 1 aliphatic rings. The van der Waals surface area contributed by atoms with E-state index in [1.807, 2.05) is 23.8 Å². The zero-order valence-electron chi connectivity index (χ0n) is 11.7. The van der Waals surface area contributed by atoms with E-state index in [1.165, 1.54) is 11.3 Å². The van der Waals surface area contributed by atoms with Gasteiger partial charge in [-0.3, -0.25) is 9.36 Å². The molecule has 1 aliphatic heterocycles. The predicted octanol–water partition coefficient (Wildman–Crippen LogP) is 1.73. The van der Waals surface area contributed by atoms with Crippen LogP contribution in [0.15, 0.2) is 17.6 Å². The minimum absolute atomic E-state index is 0.0456.